The lowest BCUT2D eigenvalue weighted by Gasteiger charge is -2.19. The van der Waals surface area contributed by atoms with Crippen LogP contribution < -0.4 is 4.90 Å². The van der Waals surface area contributed by atoms with Crippen LogP contribution in [-0.2, 0) is 4.79 Å². The molecule has 0 bridgehead atoms. The topological polar surface area (TPSA) is 64.3 Å². The fourth-order valence-corrected chi connectivity index (χ4v) is 1.26. The molecule has 0 aromatic heterocycles. The van der Waals surface area contributed by atoms with Gasteiger partial charge >= 0.3 is 5.97 Å². The lowest BCUT2D eigenvalue weighted by Crippen LogP contribution is -2.22. The minimum atomic E-state index is -1.01. The number of carboxylic acid groups (broad SMARTS) is 1. The van der Waals surface area contributed by atoms with Gasteiger partial charge in [-0.3, -0.25) is 0 Å². The van der Waals surface area contributed by atoms with Gasteiger partial charge in [0.1, 0.15) is 0 Å². The van der Waals surface area contributed by atoms with Gasteiger partial charge in [-0.2, -0.15) is 5.26 Å². The van der Waals surface area contributed by atoms with Crippen LogP contribution in [0.5, 0.6) is 0 Å². The molecule has 0 amide bonds. The second-order valence-corrected chi connectivity index (χ2v) is 3.43. The van der Waals surface area contributed by atoms with Crippen LogP contribution >= 0.6 is 0 Å². The molecule has 4 nitrogen and oxygen atoms in total. The molecule has 0 heterocycles. The van der Waals surface area contributed by atoms with E-state index in [1.807, 2.05) is 12.1 Å². The van der Waals surface area contributed by atoms with Crippen LogP contribution in [0.4, 0.5) is 5.69 Å². The first-order valence-electron chi connectivity index (χ1n) is 4.67. The van der Waals surface area contributed by atoms with Crippen LogP contribution in [0.2, 0.25) is 0 Å². The Bertz CT molecular complexity index is 460. The van der Waals surface area contributed by atoms with Crippen molar-refractivity contribution < 1.29 is 9.90 Å². The molecular formula is C12H12N2O2. The zero-order valence-corrected chi connectivity index (χ0v) is 8.97. The lowest BCUT2D eigenvalue weighted by atomic mass is 10.2. The predicted molar refractivity (Wildman–Crippen MR) is 61.2 cm³/mol. The number of benzene rings is 1. The third-order valence-electron chi connectivity index (χ3n) is 2.15. The Balaban J connectivity index is 2.81. The number of hydrogen-bond acceptors (Lipinski definition) is 3. The van der Waals surface area contributed by atoms with E-state index in [2.05, 4.69) is 6.58 Å². The smallest absolute Gasteiger partial charge is 0.332 e. The van der Waals surface area contributed by atoms with Crippen molar-refractivity contribution in [1.82, 2.24) is 0 Å². The molecule has 4 heteroatoms. The molecule has 1 N–H and O–H groups in total. The van der Waals surface area contributed by atoms with Gasteiger partial charge in [0.15, 0.2) is 0 Å². The second kappa shape index (κ2) is 4.99. The summed E-state index contributed by atoms with van der Waals surface area (Å²) in [7, 11) is 1.75. The van der Waals surface area contributed by atoms with E-state index in [4.69, 9.17) is 10.4 Å². The van der Waals surface area contributed by atoms with Crippen molar-refractivity contribution in [2.45, 2.75) is 0 Å². The summed E-state index contributed by atoms with van der Waals surface area (Å²) in [5.41, 5.74) is 1.46. The van der Waals surface area contributed by atoms with E-state index in [1.165, 1.54) is 0 Å². The van der Waals surface area contributed by atoms with Crippen LogP contribution in [0, 0.1) is 11.3 Å². The molecule has 0 aliphatic carbocycles. The molecule has 0 spiro atoms. The molecule has 0 aliphatic heterocycles. The number of aliphatic carboxylic acids is 1. The molecule has 1 aromatic carbocycles. The first-order valence-corrected chi connectivity index (χ1v) is 4.67. The predicted octanol–water partition coefficient (Wildman–Crippen LogP) is 1.64. The van der Waals surface area contributed by atoms with E-state index < -0.39 is 5.97 Å². The van der Waals surface area contributed by atoms with Crippen molar-refractivity contribution in [1.29, 1.82) is 5.26 Å². The van der Waals surface area contributed by atoms with Crippen LogP contribution in [-0.4, -0.2) is 24.7 Å². The van der Waals surface area contributed by atoms with Gasteiger partial charge in [-0.1, -0.05) is 12.6 Å². The summed E-state index contributed by atoms with van der Waals surface area (Å²) in [4.78, 5) is 12.3. The molecule has 1 aromatic rings. The number of anilines is 1. The van der Waals surface area contributed by atoms with Gasteiger partial charge in [0.2, 0.25) is 0 Å². The Morgan fingerprint density at radius 3 is 2.88 bits per heavy atom. The molecule has 0 radical (unpaired) electrons. The number of carboxylic acids is 1. The van der Waals surface area contributed by atoms with E-state index in [-0.39, 0.29) is 12.1 Å². The molecule has 0 saturated carbocycles. The Hall–Kier alpha value is -2.28. The molecule has 0 aliphatic rings. The molecule has 0 unspecified atom stereocenters. The van der Waals surface area contributed by atoms with Crippen molar-refractivity contribution in [3.05, 3.63) is 42.0 Å². The third kappa shape index (κ3) is 2.85. The van der Waals surface area contributed by atoms with E-state index in [0.29, 0.717) is 5.56 Å². The van der Waals surface area contributed by atoms with Gasteiger partial charge in [0, 0.05) is 24.9 Å². The highest BCUT2D eigenvalue weighted by molar-refractivity contribution is 5.87. The Labute approximate surface area is 94.0 Å². The van der Waals surface area contributed by atoms with E-state index in [0.717, 1.165) is 5.69 Å². The fraction of sp³-hybridized carbons (Fsp3) is 0.167. The summed E-state index contributed by atoms with van der Waals surface area (Å²) in [6.07, 6.45) is 0. The van der Waals surface area contributed by atoms with Crippen molar-refractivity contribution in [3.8, 4) is 6.07 Å². The lowest BCUT2D eigenvalue weighted by molar-refractivity contribution is -0.132. The number of likely N-dealkylation sites (N-methyl/N-ethyl adjacent to an activating group) is 1. The first-order chi connectivity index (χ1) is 7.54. The zero-order chi connectivity index (χ0) is 12.1. The summed E-state index contributed by atoms with van der Waals surface area (Å²) in [6.45, 7) is 3.68. The quantitative estimate of drug-likeness (QED) is 0.777. The third-order valence-corrected chi connectivity index (χ3v) is 2.15. The minimum absolute atomic E-state index is 0.116. The van der Waals surface area contributed by atoms with Crippen molar-refractivity contribution in [2.24, 2.45) is 0 Å². The molecular weight excluding hydrogens is 204 g/mol. The number of nitrogens with zero attached hydrogens (tertiary/aromatic N) is 2. The molecule has 0 saturated heterocycles. The molecule has 1 rings (SSSR count). The second-order valence-electron chi connectivity index (χ2n) is 3.43. The summed E-state index contributed by atoms with van der Waals surface area (Å²) in [6, 6.07) is 9.01. The summed E-state index contributed by atoms with van der Waals surface area (Å²) in [5, 5.41) is 17.4. The summed E-state index contributed by atoms with van der Waals surface area (Å²) in [5.74, 6) is -1.01. The monoisotopic (exact) mass is 216 g/mol. The Kier molecular flexibility index (Phi) is 3.67. The SMILES string of the molecule is C=C(CN(C)c1cccc(C#N)c1)C(=O)O. The average Bonchev–Trinajstić information content (AvgIpc) is 2.28. The van der Waals surface area contributed by atoms with Crippen LogP contribution in [0.3, 0.4) is 0 Å². The maximum atomic E-state index is 10.6. The maximum absolute atomic E-state index is 10.6. The van der Waals surface area contributed by atoms with E-state index in [9.17, 15) is 4.79 Å². The van der Waals surface area contributed by atoms with Gasteiger partial charge < -0.3 is 10.0 Å². The molecule has 82 valence electrons. The average molecular weight is 216 g/mol. The Morgan fingerprint density at radius 1 is 1.62 bits per heavy atom. The van der Waals surface area contributed by atoms with E-state index in [1.54, 1.807) is 30.1 Å². The number of nitriles is 1. The minimum Gasteiger partial charge on any atom is -0.478 e. The highest BCUT2D eigenvalue weighted by atomic mass is 16.4. The van der Waals surface area contributed by atoms with Crippen molar-refractivity contribution in [2.75, 3.05) is 18.5 Å². The highest BCUT2D eigenvalue weighted by Crippen LogP contribution is 2.15. The van der Waals surface area contributed by atoms with Gasteiger partial charge in [-0.25, -0.2) is 4.79 Å². The first kappa shape index (κ1) is 11.8. The van der Waals surface area contributed by atoms with Crippen molar-refractivity contribution >= 4 is 11.7 Å². The largest absolute Gasteiger partial charge is 0.478 e. The van der Waals surface area contributed by atoms with Crippen molar-refractivity contribution in [3.63, 3.8) is 0 Å². The van der Waals surface area contributed by atoms with E-state index >= 15 is 0 Å². The fourth-order valence-electron chi connectivity index (χ4n) is 1.26. The molecule has 0 atom stereocenters. The maximum Gasteiger partial charge on any atom is 0.332 e. The summed E-state index contributed by atoms with van der Waals surface area (Å²) < 4.78 is 0. The molecule has 16 heavy (non-hydrogen) atoms. The van der Waals surface area contributed by atoms with Crippen LogP contribution in [0.1, 0.15) is 5.56 Å². The normalized spacial score (nSPS) is 9.25. The molecule has 0 fully saturated rings. The number of carbonyl (C=O) groups is 1. The standard InChI is InChI=1S/C12H12N2O2/c1-9(12(15)16)8-14(2)11-5-3-4-10(6-11)7-13/h3-6H,1,8H2,2H3,(H,15,16). The van der Waals surface area contributed by atoms with Crippen LogP contribution in [0.25, 0.3) is 0 Å². The van der Waals surface area contributed by atoms with Gasteiger partial charge in [-0.05, 0) is 18.2 Å². The van der Waals surface area contributed by atoms with Gasteiger partial charge in [0.05, 0.1) is 11.6 Å². The highest BCUT2D eigenvalue weighted by Gasteiger charge is 2.08. The number of rotatable bonds is 4. The van der Waals surface area contributed by atoms with Crippen LogP contribution in [0.15, 0.2) is 36.4 Å². The Morgan fingerprint density at radius 2 is 2.31 bits per heavy atom. The zero-order valence-electron chi connectivity index (χ0n) is 8.97. The van der Waals surface area contributed by atoms with Gasteiger partial charge in [0.25, 0.3) is 0 Å². The summed E-state index contributed by atoms with van der Waals surface area (Å²) >= 11 is 0. The number of hydrogen-bond donors (Lipinski definition) is 1. The van der Waals surface area contributed by atoms with Gasteiger partial charge in [-0.15, -0.1) is 0 Å².